The fourth-order valence-electron chi connectivity index (χ4n) is 2.57. The molecule has 0 bridgehead atoms. The molecule has 0 fully saturated rings. The molecule has 3 heteroatoms. The molecule has 1 aromatic rings. The van der Waals surface area contributed by atoms with Crippen LogP contribution in [0.1, 0.15) is 13.8 Å². The predicted molar refractivity (Wildman–Crippen MR) is 70.9 cm³/mol. The molecule has 0 atom stereocenters. The zero-order valence-electron chi connectivity index (χ0n) is 9.14. The maximum absolute atomic E-state index is 6.38. The number of benzene rings is 1. The summed E-state index contributed by atoms with van der Waals surface area (Å²) in [4.78, 5) is 0. The van der Waals surface area contributed by atoms with E-state index >= 15 is 0 Å². The van der Waals surface area contributed by atoms with Crippen molar-refractivity contribution >= 4 is 40.0 Å². The van der Waals surface area contributed by atoms with E-state index in [4.69, 9.17) is 22.2 Å². The maximum atomic E-state index is 6.38. The van der Waals surface area contributed by atoms with E-state index in [0.717, 1.165) is 0 Å². The summed E-state index contributed by atoms with van der Waals surface area (Å²) >= 11 is 12.8. The second kappa shape index (κ2) is 3.65. The van der Waals surface area contributed by atoms with Crippen molar-refractivity contribution in [3.8, 4) is 0 Å². The molecule has 80 valence electrons. The monoisotopic (exact) mass is 256 g/mol. The zero-order valence-corrected chi connectivity index (χ0v) is 11.7. The molecule has 0 aromatic heterocycles. The topological polar surface area (TPSA) is 0 Å². The van der Waals surface area contributed by atoms with Crippen LogP contribution < -0.4 is 10.4 Å². The molecular formula is C12H14Cl2Si. The van der Waals surface area contributed by atoms with Gasteiger partial charge in [0.25, 0.3) is 6.69 Å². The summed E-state index contributed by atoms with van der Waals surface area (Å²) in [6.45, 7) is 4.12. The van der Waals surface area contributed by atoms with E-state index in [1.165, 1.54) is 21.6 Å². The van der Waals surface area contributed by atoms with Crippen molar-refractivity contribution in [1.82, 2.24) is 0 Å². The molecule has 0 amide bonds. The van der Waals surface area contributed by atoms with Gasteiger partial charge in [-0.25, -0.2) is 0 Å². The summed E-state index contributed by atoms with van der Waals surface area (Å²) in [6.07, 6.45) is 0. The number of halogens is 2. The lowest BCUT2D eigenvalue weighted by atomic mass is 10.1. The molecule has 0 saturated carbocycles. The van der Waals surface area contributed by atoms with E-state index in [-0.39, 0.29) is 5.54 Å². The van der Waals surface area contributed by atoms with Gasteiger partial charge in [-0.1, -0.05) is 35.4 Å². The second-order valence-corrected chi connectivity index (χ2v) is 12.1. The van der Waals surface area contributed by atoms with Crippen LogP contribution in [0.2, 0.25) is 12.1 Å². The molecule has 0 unspecified atom stereocenters. The van der Waals surface area contributed by atoms with Crippen molar-refractivity contribution < 1.29 is 0 Å². The van der Waals surface area contributed by atoms with E-state index in [1.54, 1.807) is 0 Å². The Morgan fingerprint density at radius 1 is 1.00 bits per heavy atom. The van der Waals surface area contributed by atoms with Crippen molar-refractivity contribution in [2.24, 2.45) is 0 Å². The third kappa shape index (κ3) is 1.77. The number of hydrogen-bond donors (Lipinski definition) is 0. The third-order valence-corrected chi connectivity index (χ3v) is 6.34. The molecule has 0 aliphatic heterocycles. The van der Waals surface area contributed by atoms with Crippen molar-refractivity contribution in [1.29, 1.82) is 0 Å². The molecule has 0 nitrogen and oxygen atoms in total. The van der Waals surface area contributed by atoms with Gasteiger partial charge in [-0.05, 0) is 30.8 Å². The molecule has 0 N–H and O–H groups in total. The molecule has 1 aliphatic carbocycles. The van der Waals surface area contributed by atoms with Crippen LogP contribution in [0.3, 0.4) is 0 Å². The molecule has 15 heavy (non-hydrogen) atoms. The highest BCUT2D eigenvalue weighted by atomic mass is 35.7. The average molecular weight is 257 g/mol. The number of hydrogen-bond acceptors (Lipinski definition) is 0. The minimum atomic E-state index is -2.18. The van der Waals surface area contributed by atoms with Gasteiger partial charge in [0.05, 0.1) is 0 Å². The minimum Gasteiger partial charge on any atom is -0.145 e. The second-order valence-electron chi connectivity index (χ2n) is 4.30. The van der Waals surface area contributed by atoms with Crippen LogP contribution in [0.5, 0.6) is 0 Å². The lowest BCUT2D eigenvalue weighted by Gasteiger charge is -2.22. The first-order valence-electron chi connectivity index (χ1n) is 5.07. The van der Waals surface area contributed by atoms with E-state index < -0.39 is 6.69 Å². The summed E-state index contributed by atoms with van der Waals surface area (Å²) in [7, 11) is 0. The first-order chi connectivity index (χ1) is 6.93. The summed E-state index contributed by atoms with van der Waals surface area (Å²) < 4.78 is 0. The highest BCUT2D eigenvalue weighted by Gasteiger charge is 2.38. The smallest absolute Gasteiger partial charge is 0.145 e. The molecule has 2 rings (SSSR count). The largest absolute Gasteiger partial charge is 0.259 e. The molecule has 0 heterocycles. The van der Waals surface area contributed by atoms with E-state index in [2.05, 4.69) is 38.1 Å². The molecule has 1 aliphatic rings. The first-order valence-corrected chi connectivity index (χ1v) is 9.67. The SMILES string of the molecule is CC1=c2ccccc2=C(C)C1[Si](C)(Cl)Cl. The lowest BCUT2D eigenvalue weighted by molar-refractivity contribution is 1.33. The highest BCUT2D eigenvalue weighted by molar-refractivity contribution is 7.46. The predicted octanol–water partition coefficient (Wildman–Crippen LogP) is 2.96. The van der Waals surface area contributed by atoms with Crippen LogP contribution in [-0.2, 0) is 0 Å². The summed E-state index contributed by atoms with van der Waals surface area (Å²) in [5.74, 6) is 0. The van der Waals surface area contributed by atoms with Gasteiger partial charge < -0.3 is 0 Å². The third-order valence-electron chi connectivity index (χ3n) is 3.15. The summed E-state index contributed by atoms with van der Waals surface area (Å²) in [6, 6.07) is 8.45. The van der Waals surface area contributed by atoms with Crippen molar-refractivity contribution in [3.05, 3.63) is 34.7 Å². The molecule has 0 saturated heterocycles. The van der Waals surface area contributed by atoms with Crippen LogP contribution in [-0.4, -0.2) is 6.69 Å². The average Bonchev–Trinajstić information content (AvgIpc) is 2.39. The lowest BCUT2D eigenvalue weighted by Crippen LogP contribution is -2.22. The Kier molecular flexibility index (Phi) is 2.74. The Morgan fingerprint density at radius 3 is 1.73 bits per heavy atom. The van der Waals surface area contributed by atoms with Gasteiger partial charge >= 0.3 is 0 Å². The highest BCUT2D eigenvalue weighted by Crippen LogP contribution is 2.42. The van der Waals surface area contributed by atoms with Crippen molar-refractivity contribution in [2.45, 2.75) is 25.9 Å². The van der Waals surface area contributed by atoms with Crippen molar-refractivity contribution in [2.75, 3.05) is 0 Å². The standard InChI is InChI=1S/C12H14Cl2Si/c1-8-10-6-4-5-7-11(10)9(2)12(8)15(3,13)14/h4-7,12H,1-3H3. The first kappa shape index (κ1) is 11.2. The molecule has 0 spiro atoms. The normalized spacial score (nSPS) is 17.1. The fourth-order valence-corrected chi connectivity index (χ4v) is 6.36. The van der Waals surface area contributed by atoms with Crippen LogP contribution in [0, 0.1) is 0 Å². The van der Waals surface area contributed by atoms with Gasteiger partial charge in [0.1, 0.15) is 0 Å². The van der Waals surface area contributed by atoms with Gasteiger partial charge in [-0.2, -0.15) is 0 Å². The Balaban J connectivity index is 2.77. The van der Waals surface area contributed by atoms with Gasteiger partial charge in [-0.3, -0.25) is 0 Å². The van der Waals surface area contributed by atoms with Crippen LogP contribution >= 0.6 is 22.2 Å². The number of rotatable bonds is 1. The fraction of sp³-hybridized carbons (Fsp3) is 0.333. The zero-order chi connectivity index (χ0) is 11.2. The molecule has 0 radical (unpaired) electrons. The van der Waals surface area contributed by atoms with Gasteiger partial charge in [0, 0.05) is 5.54 Å². The Morgan fingerprint density at radius 2 is 1.40 bits per heavy atom. The van der Waals surface area contributed by atoms with Crippen LogP contribution in [0.25, 0.3) is 11.1 Å². The molecule has 1 aromatic carbocycles. The van der Waals surface area contributed by atoms with E-state index in [0.29, 0.717) is 0 Å². The Hall–Kier alpha value is -0.243. The minimum absolute atomic E-state index is 0.276. The van der Waals surface area contributed by atoms with Crippen LogP contribution in [0.15, 0.2) is 24.3 Å². The Labute approximate surface area is 101 Å². The quantitative estimate of drug-likeness (QED) is 0.536. The van der Waals surface area contributed by atoms with Crippen molar-refractivity contribution in [3.63, 3.8) is 0 Å². The Bertz CT molecular complexity index is 470. The van der Waals surface area contributed by atoms with E-state index in [1.807, 2.05) is 6.55 Å². The van der Waals surface area contributed by atoms with Crippen LogP contribution in [0.4, 0.5) is 0 Å². The summed E-state index contributed by atoms with van der Waals surface area (Å²) in [5, 5.41) is 2.64. The maximum Gasteiger partial charge on any atom is 0.259 e. The van der Waals surface area contributed by atoms with Gasteiger partial charge in [-0.15, -0.1) is 22.2 Å². The van der Waals surface area contributed by atoms with Gasteiger partial charge in [0.2, 0.25) is 0 Å². The van der Waals surface area contributed by atoms with Gasteiger partial charge in [0.15, 0.2) is 0 Å². The molecular weight excluding hydrogens is 243 g/mol. The summed E-state index contributed by atoms with van der Waals surface area (Å²) in [5.41, 5.74) is 2.95. The van der Waals surface area contributed by atoms with E-state index in [9.17, 15) is 0 Å². The number of fused-ring (bicyclic) bond motifs is 1.